The smallest absolute Gasteiger partial charge is 0.165 e. The monoisotopic (exact) mass is 255 g/mol. The summed E-state index contributed by atoms with van der Waals surface area (Å²) in [5.74, 6) is 1.45. The molecule has 1 saturated heterocycles. The third kappa shape index (κ3) is 4.01. The summed E-state index contributed by atoms with van der Waals surface area (Å²) in [4.78, 5) is 0. The van der Waals surface area contributed by atoms with E-state index in [2.05, 4.69) is 34.7 Å². The highest BCUT2D eigenvalue weighted by atomic mass is 16.6. The van der Waals surface area contributed by atoms with Crippen molar-refractivity contribution < 1.29 is 9.47 Å². The summed E-state index contributed by atoms with van der Waals surface area (Å²) in [5, 5.41) is 15.1. The Morgan fingerprint density at radius 1 is 1.44 bits per heavy atom. The standard InChI is InChI=1S/C11H21N5O2/c1-9(2)5-12-6-11-13-14-15-16(11)7-10-8-17-3-4-18-10/h9-10,12H,3-8H2,1-2H3. The Morgan fingerprint density at radius 3 is 3.06 bits per heavy atom. The highest BCUT2D eigenvalue weighted by molar-refractivity contribution is 4.81. The van der Waals surface area contributed by atoms with Gasteiger partial charge >= 0.3 is 0 Å². The molecule has 7 heteroatoms. The molecule has 7 nitrogen and oxygen atoms in total. The maximum atomic E-state index is 5.59. The van der Waals surface area contributed by atoms with Crippen LogP contribution in [0, 0.1) is 5.92 Å². The van der Waals surface area contributed by atoms with Gasteiger partial charge in [-0.25, -0.2) is 4.68 Å². The van der Waals surface area contributed by atoms with E-state index in [4.69, 9.17) is 9.47 Å². The van der Waals surface area contributed by atoms with Crippen LogP contribution in [0.4, 0.5) is 0 Å². The number of hydrogen-bond donors (Lipinski definition) is 1. The van der Waals surface area contributed by atoms with Crippen LogP contribution in [0.15, 0.2) is 0 Å². The number of nitrogens with one attached hydrogen (secondary N) is 1. The van der Waals surface area contributed by atoms with Crippen molar-refractivity contribution in [3.63, 3.8) is 0 Å². The van der Waals surface area contributed by atoms with Gasteiger partial charge in [0.25, 0.3) is 0 Å². The molecule has 2 rings (SSSR count). The van der Waals surface area contributed by atoms with Crippen molar-refractivity contribution >= 4 is 0 Å². The van der Waals surface area contributed by atoms with Gasteiger partial charge in [0.1, 0.15) is 6.10 Å². The van der Waals surface area contributed by atoms with Crippen molar-refractivity contribution in [3.8, 4) is 0 Å². The lowest BCUT2D eigenvalue weighted by molar-refractivity contribution is -0.0950. The van der Waals surface area contributed by atoms with E-state index in [1.54, 1.807) is 4.68 Å². The molecule has 102 valence electrons. The lowest BCUT2D eigenvalue weighted by Gasteiger charge is -2.22. The summed E-state index contributed by atoms with van der Waals surface area (Å²) in [6, 6.07) is 0. The maximum Gasteiger partial charge on any atom is 0.165 e. The normalized spacial score (nSPS) is 20.5. The minimum Gasteiger partial charge on any atom is -0.376 e. The van der Waals surface area contributed by atoms with E-state index in [1.165, 1.54) is 0 Å². The predicted octanol–water partition coefficient (Wildman–Crippen LogP) is -0.166. The van der Waals surface area contributed by atoms with Gasteiger partial charge < -0.3 is 14.8 Å². The zero-order valence-electron chi connectivity index (χ0n) is 11.0. The lowest BCUT2D eigenvalue weighted by atomic mass is 10.2. The van der Waals surface area contributed by atoms with Crippen LogP contribution >= 0.6 is 0 Å². The number of aromatic nitrogens is 4. The average molecular weight is 255 g/mol. The van der Waals surface area contributed by atoms with Crippen molar-refractivity contribution in [2.75, 3.05) is 26.4 Å². The molecule has 1 fully saturated rings. The van der Waals surface area contributed by atoms with Gasteiger partial charge in [0.05, 0.1) is 32.9 Å². The molecule has 1 aliphatic rings. The quantitative estimate of drug-likeness (QED) is 0.761. The van der Waals surface area contributed by atoms with Gasteiger partial charge in [-0.15, -0.1) is 5.10 Å². The molecule has 18 heavy (non-hydrogen) atoms. The van der Waals surface area contributed by atoms with Gasteiger partial charge in [-0.1, -0.05) is 13.8 Å². The minimum atomic E-state index is 0.0473. The molecule has 0 spiro atoms. The second kappa shape index (κ2) is 6.77. The Bertz CT molecular complexity index is 349. The van der Waals surface area contributed by atoms with Crippen LogP contribution in [0.3, 0.4) is 0 Å². The van der Waals surface area contributed by atoms with Gasteiger partial charge in [0.15, 0.2) is 5.82 Å². The van der Waals surface area contributed by atoms with E-state index < -0.39 is 0 Å². The van der Waals surface area contributed by atoms with Crippen molar-refractivity contribution in [2.24, 2.45) is 5.92 Å². The Balaban J connectivity index is 1.82. The summed E-state index contributed by atoms with van der Waals surface area (Å²) in [7, 11) is 0. The first kappa shape index (κ1) is 13.4. The molecule has 1 aliphatic heterocycles. The average Bonchev–Trinajstić information content (AvgIpc) is 2.78. The van der Waals surface area contributed by atoms with E-state index in [0.717, 1.165) is 12.4 Å². The molecular formula is C11H21N5O2. The van der Waals surface area contributed by atoms with Crippen LogP contribution in [0.1, 0.15) is 19.7 Å². The predicted molar refractivity (Wildman–Crippen MR) is 64.9 cm³/mol. The zero-order chi connectivity index (χ0) is 12.8. The molecule has 1 unspecified atom stereocenters. The molecule has 0 bridgehead atoms. The fourth-order valence-electron chi connectivity index (χ4n) is 1.80. The van der Waals surface area contributed by atoms with Crippen LogP contribution in [-0.2, 0) is 22.6 Å². The number of ether oxygens (including phenoxy) is 2. The third-order valence-corrected chi connectivity index (χ3v) is 2.70. The molecule has 0 saturated carbocycles. The number of hydrogen-bond acceptors (Lipinski definition) is 6. The second-order valence-corrected chi connectivity index (χ2v) is 4.87. The largest absolute Gasteiger partial charge is 0.376 e. The van der Waals surface area contributed by atoms with E-state index in [9.17, 15) is 0 Å². The number of nitrogens with zero attached hydrogens (tertiary/aromatic N) is 4. The van der Waals surface area contributed by atoms with Crippen LogP contribution in [-0.4, -0.2) is 52.7 Å². The molecule has 2 heterocycles. The fourth-order valence-corrected chi connectivity index (χ4v) is 1.80. The van der Waals surface area contributed by atoms with E-state index in [1.807, 2.05) is 0 Å². The summed E-state index contributed by atoms with van der Waals surface area (Å²) in [6.07, 6.45) is 0.0473. The summed E-state index contributed by atoms with van der Waals surface area (Å²) >= 11 is 0. The summed E-state index contributed by atoms with van der Waals surface area (Å²) in [6.45, 7) is 8.55. The fraction of sp³-hybridized carbons (Fsp3) is 0.909. The highest BCUT2D eigenvalue weighted by Gasteiger charge is 2.17. The van der Waals surface area contributed by atoms with E-state index in [-0.39, 0.29) is 6.10 Å². The molecule has 0 aromatic carbocycles. The molecular weight excluding hydrogens is 234 g/mol. The van der Waals surface area contributed by atoms with Gasteiger partial charge in [-0.2, -0.15) is 0 Å². The Labute approximate surface area is 107 Å². The van der Waals surface area contributed by atoms with Gasteiger partial charge in [0, 0.05) is 0 Å². The van der Waals surface area contributed by atoms with Crippen LogP contribution in [0.25, 0.3) is 0 Å². The van der Waals surface area contributed by atoms with Crippen molar-refractivity contribution in [3.05, 3.63) is 5.82 Å². The minimum absolute atomic E-state index is 0.0473. The first-order chi connectivity index (χ1) is 8.75. The number of rotatable bonds is 6. The van der Waals surface area contributed by atoms with E-state index >= 15 is 0 Å². The third-order valence-electron chi connectivity index (χ3n) is 2.70. The first-order valence-electron chi connectivity index (χ1n) is 6.41. The van der Waals surface area contributed by atoms with Gasteiger partial charge in [-0.05, 0) is 22.9 Å². The molecule has 0 radical (unpaired) electrons. The lowest BCUT2D eigenvalue weighted by Crippen LogP contribution is -2.33. The molecule has 1 N–H and O–H groups in total. The Hall–Kier alpha value is -1.05. The zero-order valence-corrected chi connectivity index (χ0v) is 11.0. The SMILES string of the molecule is CC(C)CNCc1nnnn1CC1COCCO1. The van der Waals surface area contributed by atoms with E-state index in [0.29, 0.717) is 38.8 Å². The molecule has 1 aromatic rings. The maximum absolute atomic E-state index is 5.59. The molecule has 1 aromatic heterocycles. The summed E-state index contributed by atoms with van der Waals surface area (Å²) in [5.41, 5.74) is 0. The van der Waals surface area contributed by atoms with Crippen LogP contribution in [0.2, 0.25) is 0 Å². The molecule has 1 atom stereocenters. The van der Waals surface area contributed by atoms with Gasteiger partial charge in [-0.3, -0.25) is 0 Å². The Morgan fingerprint density at radius 2 is 2.33 bits per heavy atom. The second-order valence-electron chi connectivity index (χ2n) is 4.87. The van der Waals surface area contributed by atoms with Crippen molar-refractivity contribution in [1.82, 2.24) is 25.5 Å². The Kier molecular flexibility index (Phi) is 5.03. The first-order valence-corrected chi connectivity index (χ1v) is 6.41. The number of tetrazole rings is 1. The van der Waals surface area contributed by atoms with Crippen molar-refractivity contribution in [1.29, 1.82) is 0 Å². The molecule has 0 amide bonds. The summed E-state index contributed by atoms with van der Waals surface area (Å²) < 4.78 is 12.7. The molecule has 0 aliphatic carbocycles. The highest BCUT2D eigenvalue weighted by Crippen LogP contribution is 2.04. The topological polar surface area (TPSA) is 74.1 Å². The van der Waals surface area contributed by atoms with Crippen LogP contribution in [0.5, 0.6) is 0 Å². The van der Waals surface area contributed by atoms with Crippen LogP contribution < -0.4 is 5.32 Å². The van der Waals surface area contributed by atoms with Crippen molar-refractivity contribution in [2.45, 2.75) is 33.0 Å². The van der Waals surface area contributed by atoms with Gasteiger partial charge in [0.2, 0.25) is 0 Å².